The van der Waals surface area contributed by atoms with Gasteiger partial charge < -0.3 is 14.6 Å². The molecule has 0 fully saturated rings. The maximum Gasteiger partial charge on any atom is 0.339 e. The highest BCUT2D eigenvalue weighted by molar-refractivity contribution is 5.98. The molecule has 3 aromatic rings. The fraction of sp³-hybridized carbons (Fsp3) is 0.111. The molecule has 116 valence electrons. The van der Waals surface area contributed by atoms with Crippen LogP contribution in [0.3, 0.4) is 0 Å². The van der Waals surface area contributed by atoms with Gasteiger partial charge in [0.05, 0.1) is 19.7 Å². The van der Waals surface area contributed by atoms with Crippen LogP contribution >= 0.6 is 0 Å². The maximum absolute atomic E-state index is 11.5. The lowest BCUT2D eigenvalue weighted by molar-refractivity contribution is 0.0692. The lowest BCUT2D eigenvalue weighted by Crippen LogP contribution is -2.03. The van der Waals surface area contributed by atoms with Gasteiger partial charge in [-0.05, 0) is 23.8 Å². The van der Waals surface area contributed by atoms with Gasteiger partial charge in [0, 0.05) is 17.1 Å². The molecule has 2 aromatic carbocycles. The molecular weight excluding hydrogens is 294 g/mol. The number of rotatable bonds is 4. The summed E-state index contributed by atoms with van der Waals surface area (Å²) in [4.78, 5) is 16.0. The monoisotopic (exact) mass is 309 g/mol. The molecule has 1 heterocycles. The van der Waals surface area contributed by atoms with E-state index in [4.69, 9.17) is 9.47 Å². The molecule has 3 rings (SSSR count). The number of benzene rings is 2. The summed E-state index contributed by atoms with van der Waals surface area (Å²) in [6, 6.07) is 12.9. The van der Waals surface area contributed by atoms with E-state index in [-0.39, 0.29) is 11.3 Å². The Kier molecular flexibility index (Phi) is 3.85. The standard InChI is InChI=1S/C18H15NO4/c1-22-15-10-12(9-14(18(20)21)17(15)23-2)13-7-3-5-11-6-4-8-19-16(11)13/h3-10H,1-2H3,(H,20,21). The fourth-order valence-corrected chi connectivity index (χ4v) is 2.62. The van der Waals surface area contributed by atoms with E-state index in [2.05, 4.69) is 4.98 Å². The third-order valence-electron chi connectivity index (χ3n) is 3.65. The number of nitrogens with zero attached hydrogens (tertiary/aromatic N) is 1. The predicted molar refractivity (Wildman–Crippen MR) is 87.2 cm³/mol. The number of ether oxygens (including phenoxy) is 2. The summed E-state index contributed by atoms with van der Waals surface area (Å²) in [6.45, 7) is 0. The first-order valence-corrected chi connectivity index (χ1v) is 6.99. The van der Waals surface area contributed by atoms with Gasteiger partial charge in [-0.1, -0.05) is 24.3 Å². The number of methoxy groups -OCH3 is 2. The van der Waals surface area contributed by atoms with Crippen molar-refractivity contribution in [3.8, 4) is 22.6 Å². The molecule has 1 N–H and O–H groups in total. The lowest BCUT2D eigenvalue weighted by Gasteiger charge is -2.14. The fourth-order valence-electron chi connectivity index (χ4n) is 2.62. The molecule has 0 amide bonds. The van der Waals surface area contributed by atoms with Crippen molar-refractivity contribution < 1.29 is 19.4 Å². The molecule has 5 nitrogen and oxygen atoms in total. The molecule has 0 spiro atoms. The minimum Gasteiger partial charge on any atom is -0.493 e. The van der Waals surface area contributed by atoms with Crippen LogP contribution in [0.15, 0.2) is 48.7 Å². The smallest absolute Gasteiger partial charge is 0.339 e. The second-order valence-electron chi connectivity index (χ2n) is 4.95. The Morgan fingerprint density at radius 2 is 1.87 bits per heavy atom. The van der Waals surface area contributed by atoms with Crippen molar-refractivity contribution in [1.29, 1.82) is 0 Å². The molecule has 1 aromatic heterocycles. The van der Waals surface area contributed by atoms with E-state index < -0.39 is 5.97 Å². The van der Waals surface area contributed by atoms with Gasteiger partial charge in [0.25, 0.3) is 0 Å². The van der Waals surface area contributed by atoms with Crippen LogP contribution in [-0.2, 0) is 0 Å². The summed E-state index contributed by atoms with van der Waals surface area (Å²) in [5.41, 5.74) is 2.41. The van der Waals surface area contributed by atoms with Gasteiger partial charge in [-0.2, -0.15) is 0 Å². The van der Waals surface area contributed by atoms with Crippen LogP contribution in [0.2, 0.25) is 0 Å². The largest absolute Gasteiger partial charge is 0.493 e. The number of fused-ring (bicyclic) bond motifs is 1. The molecule has 0 bridgehead atoms. The molecule has 0 saturated heterocycles. The molecule has 0 saturated carbocycles. The van der Waals surface area contributed by atoms with Gasteiger partial charge in [-0.3, -0.25) is 4.98 Å². The van der Waals surface area contributed by atoms with Crippen molar-refractivity contribution in [2.45, 2.75) is 0 Å². The van der Waals surface area contributed by atoms with Gasteiger partial charge in [0.1, 0.15) is 5.56 Å². The topological polar surface area (TPSA) is 68.7 Å². The first-order valence-electron chi connectivity index (χ1n) is 6.99. The highest BCUT2D eigenvalue weighted by Gasteiger charge is 2.19. The second-order valence-corrected chi connectivity index (χ2v) is 4.95. The minimum atomic E-state index is -1.07. The highest BCUT2D eigenvalue weighted by atomic mass is 16.5. The molecule has 0 atom stereocenters. The Hall–Kier alpha value is -3.08. The SMILES string of the molecule is COc1cc(-c2cccc3cccnc23)cc(C(=O)O)c1OC. The summed E-state index contributed by atoms with van der Waals surface area (Å²) in [5, 5.41) is 10.4. The van der Waals surface area contributed by atoms with Gasteiger partial charge in [0.2, 0.25) is 0 Å². The minimum absolute atomic E-state index is 0.0507. The molecule has 23 heavy (non-hydrogen) atoms. The molecule has 0 aliphatic carbocycles. The summed E-state index contributed by atoms with van der Waals surface area (Å²) < 4.78 is 10.5. The normalized spacial score (nSPS) is 10.5. The van der Waals surface area contributed by atoms with Crippen LogP contribution in [0.5, 0.6) is 11.5 Å². The van der Waals surface area contributed by atoms with Gasteiger partial charge in [0.15, 0.2) is 11.5 Å². The second kappa shape index (κ2) is 5.96. The van der Waals surface area contributed by atoms with Crippen molar-refractivity contribution in [3.05, 3.63) is 54.2 Å². The number of hydrogen-bond donors (Lipinski definition) is 1. The molecule has 0 aliphatic heterocycles. The van der Waals surface area contributed by atoms with E-state index in [1.165, 1.54) is 14.2 Å². The van der Waals surface area contributed by atoms with E-state index in [1.54, 1.807) is 18.3 Å². The molecular formula is C18H15NO4. The van der Waals surface area contributed by atoms with Crippen LogP contribution in [-0.4, -0.2) is 30.3 Å². The van der Waals surface area contributed by atoms with Crippen LogP contribution < -0.4 is 9.47 Å². The van der Waals surface area contributed by atoms with E-state index in [0.717, 1.165) is 16.5 Å². The Bertz CT molecular complexity index is 884. The summed E-state index contributed by atoms with van der Waals surface area (Å²) >= 11 is 0. The zero-order valence-corrected chi connectivity index (χ0v) is 12.7. The number of aromatic carboxylic acids is 1. The Labute approximate surface area is 133 Å². The average Bonchev–Trinajstić information content (AvgIpc) is 2.59. The number of carboxylic acid groups (broad SMARTS) is 1. The van der Waals surface area contributed by atoms with Gasteiger partial charge in [-0.25, -0.2) is 4.79 Å². The number of carbonyl (C=O) groups is 1. The molecule has 0 unspecified atom stereocenters. The third kappa shape index (κ3) is 2.57. The van der Waals surface area contributed by atoms with Crippen LogP contribution in [0.25, 0.3) is 22.0 Å². The zero-order chi connectivity index (χ0) is 16.4. The zero-order valence-electron chi connectivity index (χ0n) is 12.7. The van der Waals surface area contributed by atoms with Gasteiger partial charge in [-0.15, -0.1) is 0 Å². The molecule has 5 heteroatoms. The quantitative estimate of drug-likeness (QED) is 0.797. The summed E-state index contributed by atoms with van der Waals surface area (Å²) in [6.07, 6.45) is 1.71. The van der Waals surface area contributed by atoms with E-state index in [0.29, 0.717) is 11.3 Å². The number of aromatic nitrogens is 1. The van der Waals surface area contributed by atoms with Crippen LogP contribution in [0, 0.1) is 0 Å². The van der Waals surface area contributed by atoms with Crippen molar-refractivity contribution >= 4 is 16.9 Å². The Morgan fingerprint density at radius 1 is 1.09 bits per heavy atom. The molecule has 0 radical (unpaired) electrons. The van der Waals surface area contributed by atoms with Crippen molar-refractivity contribution in [3.63, 3.8) is 0 Å². The van der Waals surface area contributed by atoms with E-state index in [1.807, 2.05) is 30.3 Å². The maximum atomic E-state index is 11.5. The third-order valence-corrected chi connectivity index (χ3v) is 3.65. The van der Waals surface area contributed by atoms with Crippen molar-refractivity contribution in [1.82, 2.24) is 4.98 Å². The highest BCUT2D eigenvalue weighted by Crippen LogP contribution is 2.38. The number of hydrogen-bond acceptors (Lipinski definition) is 4. The molecule has 0 aliphatic rings. The first-order chi connectivity index (χ1) is 11.2. The predicted octanol–water partition coefficient (Wildman–Crippen LogP) is 3.62. The van der Waals surface area contributed by atoms with E-state index >= 15 is 0 Å². The van der Waals surface area contributed by atoms with Crippen LogP contribution in [0.1, 0.15) is 10.4 Å². The Balaban J connectivity index is 2.31. The van der Waals surface area contributed by atoms with E-state index in [9.17, 15) is 9.90 Å². The lowest BCUT2D eigenvalue weighted by atomic mass is 9.99. The van der Waals surface area contributed by atoms with Crippen molar-refractivity contribution in [2.24, 2.45) is 0 Å². The summed E-state index contributed by atoms with van der Waals surface area (Å²) in [5.74, 6) is -0.498. The number of pyridine rings is 1. The average molecular weight is 309 g/mol. The Morgan fingerprint density at radius 3 is 2.57 bits per heavy atom. The number of para-hydroxylation sites is 1. The van der Waals surface area contributed by atoms with Crippen LogP contribution in [0.4, 0.5) is 0 Å². The van der Waals surface area contributed by atoms with Crippen molar-refractivity contribution in [2.75, 3.05) is 14.2 Å². The first kappa shape index (κ1) is 14.8. The summed E-state index contributed by atoms with van der Waals surface area (Å²) in [7, 11) is 2.90. The number of carboxylic acids is 1. The van der Waals surface area contributed by atoms with Gasteiger partial charge >= 0.3 is 5.97 Å².